The van der Waals surface area contributed by atoms with Gasteiger partial charge in [-0.05, 0) is 65.2 Å². The number of anilines is 1. The maximum absolute atomic E-state index is 13.1. The number of halogens is 2. The lowest BCUT2D eigenvalue weighted by Gasteiger charge is -2.29. The molecule has 0 aromatic heterocycles. The highest BCUT2D eigenvalue weighted by molar-refractivity contribution is 9.11. The third kappa shape index (κ3) is 7.65. The van der Waals surface area contributed by atoms with Crippen LogP contribution in [0, 0.1) is 0 Å². The highest BCUT2D eigenvalue weighted by Gasteiger charge is 2.32. The van der Waals surface area contributed by atoms with Crippen LogP contribution in [-0.2, 0) is 9.53 Å². The number of nitrogens with one attached hydrogen (secondary N) is 2. The minimum absolute atomic E-state index is 0.0925. The van der Waals surface area contributed by atoms with E-state index in [0.29, 0.717) is 38.3 Å². The number of ether oxygens (including phenoxy) is 4. The first-order valence-electron chi connectivity index (χ1n) is 11.7. The molecular weight excluding hydrogens is 640 g/mol. The second-order valence-corrected chi connectivity index (χ2v) is 10.0. The molecule has 39 heavy (non-hydrogen) atoms. The molecule has 1 aliphatic heterocycles. The van der Waals surface area contributed by atoms with Crippen molar-refractivity contribution in [3.8, 4) is 23.0 Å². The van der Waals surface area contributed by atoms with Gasteiger partial charge in [-0.1, -0.05) is 40.2 Å². The number of hydroxylamine groups is 1. The van der Waals surface area contributed by atoms with Gasteiger partial charge in [-0.25, -0.2) is 10.3 Å². The summed E-state index contributed by atoms with van der Waals surface area (Å²) in [6.07, 6.45) is 0.630. The molecule has 3 aromatic carbocycles. The quantitative estimate of drug-likeness (QED) is 0.114. The third-order valence-electron chi connectivity index (χ3n) is 5.58. The fourth-order valence-electron chi connectivity index (χ4n) is 3.81. The molecule has 2 amide bonds. The Balaban J connectivity index is 1.64. The summed E-state index contributed by atoms with van der Waals surface area (Å²) in [7, 11) is 0. The Bertz CT molecular complexity index is 1350. The standard InChI is InChI=1S/C27H24Br2N2O8/c28-16-12-19(25(33)20(29)13-16)26(39-27(34)30-17-10-11-21-23(14-17)37-15-36-21)22(8-4-5-9-24(32)31-35)38-18-6-2-1-3-7-18/h1-3,5-7,9-14,22,26,33,35H,4,8,15H2,(H,30,34)(H,31,32)/b9-5+/t22-,26-/m0/s1. The molecule has 0 fully saturated rings. The predicted molar refractivity (Wildman–Crippen MR) is 148 cm³/mol. The molecule has 0 saturated carbocycles. The molecule has 4 N–H and O–H groups in total. The smallest absolute Gasteiger partial charge is 0.412 e. The zero-order chi connectivity index (χ0) is 27.8. The maximum atomic E-state index is 13.1. The molecule has 2 atom stereocenters. The van der Waals surface area contributed by atoms with Gasteiger partial charge >= 0.3 is 6.09 Å². The zero-order valence-electron chi connectivity index (χ0n) is 20.3. The van der Waals surface area contributed by atoms with E-state index in [0.717, 1.165) is 0 Å². The lowest BCUT2D eigenvalue weighted by atomic mass is 9.99. The minimum Gasteiger partial charge on any atom is -0.506 e. The van der Waals surface area contributed by atoms with Crippen molar-refractivity contribution < 1.29 is 38.9 Å². The number of phenolic OH excluding ortho intramolecular Hbond substituents is 1. The van der Waals surface area contributed by atoms with E-state index >= 15 is 0 Å². The highest BCUT2D eigenvalue weighted by Crippen LogP contribution is 2.40. The Morgan fingerprint density at radius 2 is 1.82 bits per heavy atom. The Morgan fingerprint density at radius 3 is 2.59 bits per heavy atom. The van der Waals surface area contributed by atoms with Crippen molar-refractivity contribution in [3.05, 3.63) is 87.3 Å². The van der Waals surface area contributed by atoms with Crippen molar-refractivity contribution in [2.45, 2.75) is 25.0 Å². The van der Waals surface area contributed by atoms with Crippen molar-refractivity contribution in [2.24, 2.45) is 0 Å². The molecule has 1 heterocycles. The summed E-state index contributed by atoms with van der Waals surface area (Å²) in [5.74, 6) is 0.755. The van der Waals surface area contributed by atoms with Gasteiger partial charge in [0.2, 0.25) is 6.79 Å². The number of carbonyl (C=O) groups excluding carboxylic acids is 2. The van der Waals surface area contributed by atoms with Gasteiger partial charge in [-0.2, -0.15) is 0 Å². The van der Waals surface area contributed by atoms with E-state index in [1.54, 1.807) is 60.7 Å². The normalized spacial score (nSPS) is 13.5. The van der Waals surface area contributed by atoms with Crippen molar-refractivity contribution in [1.82, 2.24) is 5.48 Å². The zero-order valence-corrected chi connectivity index (χ0v) is 23.5. The number of benzene rings is 3. The van der Waals surface area contributed by atoms with E-state index in [4.69, 9.17) is 24.2 Å². The van der Waals surface area contributed by atoms with E-state index in [1.165, 1.54) is 11.6 Å². The number of carbonyl (C=O) groups is 2. The fourth-order valence-corrected chi connectivity index (χ4v) is 5.07. The molecule has 12 heteroatoms. The summed E-state index contributed by atoms with van der Waals surface area (Å²) in [6, 6.07) is 17.2. The summed E-state index contributed by atoms with van der Waals surface area (Å²) in [5, 5.41) is 22.3. The van der Waals surface area contributed by atoms with Crippen LogP contribution < -0.4 is 25.0 Å². The number of allylic oxidation sites excluding steroid dienone is 1. The molecule has 0 bridgehead atoms. The summed E-state index contributed by atoms with van der Waals surface area (Å²) in [4.78, 5) is 24.5. The van der Waals surface area contributed by atoms with E-state index < -0.39 is 24.2 Å². The molecular formula is C27H24Br2N2O8. The van der Waals surface area contributed by atoms with Crippen LogP contribution in [0.1, 0.15) is 24.5 Å². The minimum atomic E-state index is -1.09. The van der Waals surface area contributed by atoms with Gasteiger partial charge in [0.25, 0.3) is 5.91 Å². The Labute approximate surface area is 240 Å². The van der Waals surface area contributed by atoms with Gasteiger partial charge in [0, 0.05) is 27.9 Å². The van der Waals surface area contributed by atoms with Gasteiger partial charge in [0.05, 0.1) is 4.47 Å². The average molecular weight is 664 g/mol. The van der Waals surface area contributed by atoms with E-state index in [9.17, 15) is 14.7 Å². The summed E-state index contributed by atoms with van der Waals surface area (Å²) < 4.78 is 23.8. The van der Waals surface area contributed by atoms with E-state index in [-0.39, 0.29) is 24.5 Å². The Kier molecular flexibility index (Phi) is 9.69. The molecule has 0 radical (unpaired) electrons. The molecule has 1 aliphatic rings. The van der Waals surface area contributed by atoms with Crippen LogP contribution in [0.3, 0.4) is 0 Å². The lowest BCUT2D eigenvalue weighted by Crippen LogP contribution is -2.31. The molecule has 0 unspecified atom stereocenters. The number of aromatic hydroxyl groups is 1. The van der Waals surface area contributed by atoms with Crippen LogP contribution in [0.4, 0.5) is 10.5 Å². The first-order chi connectivity index (χ1) is 18.8. The van der Waals surface area contributed by atoms with Crippen molar-refractivity contribution >= 4 is 49.5 Å². The molecule has 10 nitrogen and oxygen atoms in total. The van der Waals surface area contributed by atoms with Crippen molar-refractivity contribution in [3.63, 3.8) is 0 Å². The van der Waals surface area contributed by atoms with E-state index in [1.807, 2.05) is 6.07 Å². The van der Waals surface area contributed by atoms with Crippen LogP contribution in [0.15, 0.2) is 81.8 Å². The van der Waals surface area contributed by atoms with Crippen LogP contribution in [0.25, 0.3) is 0 Å². The topological polar surface area (TPSA) is 136 Å². The molecule has 0 saturated heterocycles. The molecule has 4 rings (SSSR count). The number of amides is 2. The highest BCUT2D eigenvalue weighted by atomic mass is 79.9. The number of hydrogen-bond donors (Lipinski definition) is 4. The van der Waals surface area contributed by atoms with Gasteiger partial charge in [0.15, 0.2) is 17.6 Å². The summed E-state index contributed by atoms with van der Waals surface area (Å²) in [6.45, 7) is 0.0925. The van der Waals surface area contributed by atoms with Crippen LogP contribution in [0.2, 0.25) is 0 Å². The Hall–Kier alpha value is -3.74. The molecule has 0 spiro atoms. The first kappa shape index (κ1) is 28.3. The summed E-state index contributed by atoms with van der Waals surface area (Å²) >= 11 is 6.76. The average Bonchev–Trinajstić information content (AvgIpc) is 3.39. The van der Waals surface area contributed by atoms with E-state index in [2.05, 4.69) is 37.2 Å². The number of rotatable bonds is 10. The van der Waals surface area contributed by atoms with Crippen LogP contribution in [0.5, 0.6) is 23.0 Å². The van der Waals surface area contributed by atoms with Gasteiger partial charge in [0.1, 0.15) is 17.6 Å². The number of phenols is 1. The third-order valence-corrected chi connectivity index (χ3v) is 6.65. The Morgan fingerprint density at radius 1 is 1.05 bits per heavy atom. The number of para-hydroxylation sites is 1. The molecule has 0 aliphatic carbocycles. The maximum Gasteiger partial charge on any atom is 0.412 e. The molecule has 204 valence electrons. The summed E-state index contributed by atoms with van der Waals surface area (Å²) in [5.41, 5.74) is 2.24. The molecule has 3 aromatic rings. The van der Waals surface area contributed by atoms with Crippen molar-refractivity contribution in [1.29, 1.82) is 0 Å². The second kappa shape index (κ2) is 13.4. The van der Waals surface area contributed by atoms with Gasteiger partial charge < -0.3 is 24.1 Å². The number of hydrogen-bond acceptors (Lipinski definition) is 8. The SMILES string of the molecule is O=C(/C=C/CC[C@H](Oc1ccccc1)[C@@H](OC(=O)Nc1ccc2c(c1)OCO2)c1cc(Br)cc(Br)c1O)NO. The fraction of sp³-hybridized carbons (Fsp3) is 0.185. The van der Waals surface area contributed by atoms with Gasteiger partial charge in [-0.3, -0.25) is 15.3 Å². The first-order valence-corrected chi connectivity index (χ1v) is 13.3. The van der Waals surface area contributed by atoms with Crippen molar-refractivity contribution in [2.75, 3.05) is 12.1 Å². The monoisotopic (exact) mass is 662 g/mol. The predicted octanol–water partition coefficient (Wildman–Crippen LogP) is 6.23. The second-order valence-electron chi connectivity index (χ2n) is 8.27. The number of fused-ring (bicyclic) bond motifs is 1. The van der Waals surface area contributed by atoms with Crippen LogP contribution >= 0.6 is 31.9 Å². The van der Waals surface area contributed by atoms with Crippen LogP contribution in [-0.4, -0.2) is 35.2 Å². The lowest BCUT2D eigenvalue weighted by molar-refractivity contribution is -0.124. The van der Waals surface area contributed by atoms with Gasteiger partial charge in [-0.15, -0.1) is 0 Å². The largest absolute Gasteiger partial charge is 0.506 e.